The Labute approximate surface area is 161 Å². The van der Waals surface area contributed by atoms with Gasteiger partial charge in [0.15, 0.2) is 0 Å². The van der Waals surface area contributed by atoms with Gasteiger partial charge in [-0.1, -0.05) is 61.5 Å². The van der Waals surface area contributed by atoms with Crippen LogP contribution in [0, 0.1) is 0 Å². The zero-order chi connectivity index (χ0) is 18.6. The Kier molecular flexibility index (Phi) is 5.05. The van der Waals surface area contributed by atoms with Crippen molar-refractivity contribution < 1.29 is 0 Å². The molecule has 4 rings (SSSR count). The van der Waals surface area contributed by atoms with E-state index < -0.39 is 0 Å². The van der Waals surface area contributed by atoms with Crippen molar-refractivity contribution in [1.29, 1.82) is 0 Å². The monoisotopic (exact) mass is 358 g/mol. The van der Waals surface area contributed by atoms with Gasteiger partial charge in [-0.05, 0) is 36.5 Å². The van der Waals surface area contributed by atoms with E-state index in [0.717, 1.165) is 37.4 Å². The van der Waals surface area contributed by atoms with Crippen LogP contribution in [-0.2, 0) is 25.9 Å². The van der Waals surface area contributed by atoms with Gasteiger partial charge in [0.2, 0.25) is 5.95 Å². The lowest BCUT2D eigenvalue weighted by molar-refractivity contribution is 0.586. The van der Waals surface area contributed by atoms with Gasteiger partial charge in [0, 0.05) is 30.9 Å². The van der Waals surface area contributed by atoms with Gasteiger partial charge in [-0.15, -0.1) is 0 Å². The van der Waals surface area contributed by atoms with Gasteiger partial charge < -0.3 is 10.2 Å². The quantitative estimate of drug-likeness (QED) is 0.723. The Hall–Kier alpha value is -2.88. The molecule has 0 radical (unpaired) electrons. The van der Waals surface area contributed by atoms with Crippen molar-refractivity contribution in [2.75, 3.05) is 10.2 Å². The largest absolute Gasteiger partial charge is 0.350 e. The molecule has 1 aromatic heterocycles. The molecule has 0 saturated carbocycles. The van der Waals surface area contributed by atoms with Crippen LogP contribution < -0.4 is 10.2 Å². The third-order valence-electron chi connectivity index (χ3n) is 5.22. The smallest absolute Gasteiger partial charge is 0.225 e. The van der Waals surface area contributed by atoms with Crippen LogP contribution in [0.3, 0.4) is 0 Å². The fraction of sp³-hybridized carbons (Fsp3) is 0.304. The van der Waals surface area contributed by atoms with E-state index in [1.54, 1.807) is 0 Å². The lowest BCUT2D eigenvalue weighted by Gasteiger charge is -2.36. The normalized spacial score (nSPS) is 16.1. The summed E-state index contributed by atoms with van der Waals surface area (Å²) in [5.74, 6) is 1.72. The number of hydrogen-bond acceptors (Lipinski definition) is 4. The average molecular weight is 358 g/mol. The summed E-state index contributed by atoms with van der Waals surface area (Å²) in [5.41, 5.74) is 5.14. The molecule has 0 saturated heterocycles. The molecule has 4 heteroatoms. The van der Waals surface area contributed by atoms with Crippen LogP contribution in [0.15, 0.2) is 60.7 Å². The third-order valence-corrected chi connectivity index (χ3v) is 5.22. The van der Waals surface area contributed by atoms with Crippen molar-refractivity contribution in [1.82, 2.24) is 9.97 Å². The second kappa shape index (κ2) is 7.78. The van der Waals surface area contributed by atoms with Gasteiger partial charge in [0.25, 0.3) is 0 Å². The number of anilines is 2. The summed E-state index contributed by atoms with van der Waals surface area (Å²) >= 11 is 0. The van der Waals surface area contributed by atoms with Crippen LogP contribution in [0.2, 0.25) is 0 Å². The van der Waals surface area contributed by atoms with E-state index in [9.17, 15) is 0 Å². The number of aromatic nitrogens is 2. The average Bonchev–Trinajstić information content (AvgIpc) is 2.72. The number of aryl methyl sites for hydroxylation is 1. The summed E-state index contributed by atoms with van der Waals surface area (Å²) in [6, 6.07) is 21.6. The molecule has 0 bridgehead atoms. The molecule has 2 aromatic carbocycles. The Balaban J connectivity index is 1.59. The van der Waals surface area contributed by atoms with Gasteiger partial charge in [0.05, 0.1) is 0 Å². The third kappa shape index (κ3) is 3.95. The number of rotatable bonds is 5. The molecule has 0 amide bonds. The number of hydrogen-bond donors (Lipinski definition) is 1. The van der Waals surface area contributed by atoms with Crippen molar-refractivity contribution >= 4 is 11.8 Å². The van der Waals surface area contributed by atoms with Gasteiger partial charge in [0.1, 0.15) is 5.82 Å². The molecule has 1 aliphatic rings. The molecule has 4 nitrogen and oxygen atoms in total. The molecule has 0 spiro atoms. The van der Waals surface area contributed by atoms with E-state index in [1.165, 1.54) is 16.7 Å². The summed E-state index contributed by atoms with van der Waals surface area (Å²) < 4.78 is 0. The van der Waals surface area contributed by atoms with Crippen LogP contribution >= 0.6 is 0 Å². The van der Waals surface area contributed by atoms with Crippen LogP contribution in [0.4, 0.5) is 11.8 Å². The predicted molar refractivity (Wildman–Crippen MR) is 111 cm³/mol. The fourth-order valence-electron chi connectivity index (χ4n) is 3.65. The number of nitrogens with zero attached hydrogens (tertiary/aromatic N) is 3. The minimum Gasteiger partial charge on any atom is -0.350 e. The Bertz CT molecular complexity index is 907. The summed E-state index contributed by atoms with van der Waals surface area (Å²) in [6.45, 7) is 6.05. The summed E-state index contributed by atoms with van der Waals surface area (Å²) in [6.07, 6.45) is 1.95. The van der Waals surface area contributed by atoms with Crippen molar-refractivity contribution in [3.63, 3.8) is 0 Å². The molecule has 1 aliphatic heterocycles. The Morgan fingerprint density at radius 2 is 1.74 bits per heavy atom. The first-order valence-electron chi connectivity index (χ1n) is 9.72. The van der Waals surface area contributed by atoms with Crippen molar-refractivity contribution in [3.05, 3.63) is 83.0 Å². The second-order valence-corrected chi connectivity index (χ2v) is 7.18. The standard InChI is InChI=1S/C23H26N4/c1-3-21-14-22(26-23(25-21)24-15-18-9-5-4-6-10-18)27-16-20-12-8-7-11-19(20)13-17(27)2/h4-12,14,17H,3,13,15-16H2,1-2H3,(H,24,25,26)/t17-/m0/s1. The lowest BCUT2D eigenvalue weighted by Crippen LogP contribution is -2.39. The van der Waals surface area contributed by atoms with E-state index in [2.05, 4.69) is 83.6 Å². The van der Waals surface area contributed by atoms with Crippen LogP contribution in [0.25, 0.3) is 0 Å². The SMILES string of the molecule is CCc1cc(N2Cc3ccccc3C[C@@H]2C)nc(NCc2ccccc2)n1. The number of nitrogens with one attached hydrogen (secondary N) is 1. The summed E-state index contributed by atoms with van der Waals surface area (Å²) in [4.78, 5) is 11.9. The van der Waals surface area contributed by atoms with E-state index in [1.807, 2.05) is 6.07 Å². The fourth-order valence-corrected chi connectivity index (χ4v) is 3.65. The molecular formula is C23H26N4. The molecule has 3 aromatic rings. The first-order chi connectivity index (χ1) is 13.2. The molecule has 0 fully saturated rings. The highest BCUT2D eigenvalue weighted by molar-refractivity contribution is 5.49. The number of fused-ring (bicyclic) bond motifs is 1. The summed E-state index contributed by atoms with van der Waals surface area (Å²) in [7, 11) is 0. The maximum Gasteiger partial charge on any atom is 0.225 e. The van der Waals surface area contributed by atoms with Crippen molar-refractivity contribution in [2.45, 2.75) is 45.8 Å². The van der Waals surface area contributed by atoms with Crippen LogP contribution in [0.1, 0.15) is 36.2 Å². The first kappa shape index (κ1) is 17.5. The molecule has 2 heterocycles. The Morgan fingerprint density at radius 1 is 1.00 bits per heavy atom. The number of benzene rings is 2. The molecule has 0 unspecified atom stereocenters. The van der Waals surface area contributed by atoms with Gasteiger partial charge >= 0.3 is 0 Å². The second-order valence-electron chi connectivity index (χ2n) is 7.18. The van der Waals surface area contributed by atoms with Crippen molar-refractivity contribution in [3.8, 4) is 0 Å². The van der Waals surface area contributed by atoms with Gasteiger partial charge in [-0.25, -0.2) is 4.98 Å². The minimum atomic E-state index is 0.418. The zero-order valence-corrected chi connectivity index (χ0v) is 16.0. The first-order valence-corrected chi connectivity index (χ1v) is 9.72. The minimum absolute atomic E-state index is 0.418. The highest BCUT2D eigenvalue weighted by Crippen LogP contribution is 2.28. The molecular weight excluding hydrogens is 332 g/mol. The van der Waals surface area contributed by atoms with Gasteiger partial charge in [-0.2, -0.15) is 4.98 Å². The molecule has 1 atom stereocenters. The molecule has 0 aliphatic carbocycles. The van der Waals surface area contributed by atoms with Gasteiger partial charge in [-0.3, -0.25) is 0 Å². The molecule has 1 N–H and O–H groups in total. The van der Waals surface area contributed by atoms with E-state index in [-0.39, 0.29) is 0 Å². The van der Waals surface area contributed by atoms with Crippen molar-refractivity contribution in [2.24, 2.45) is 0 Å². The van der Waals surface area contributed by atoms with E-state index >= 15 is 0 Å². The maximum absolute atomic E-state index is 4.85. The molecule has 27 heavy (non-hydrogen) atoms. The highest BCUT2D eigenvalue weighted by atomic mass is 15.2. The van der Waals surface area contributed by atoms with E-state index in [4.69, 9.17) is 4.98 Å². The summed E-state index contributed by atoms with van der Waals surface area (Å²) in [5, 5.41) is 3.40. The topological polar surface area (TPSA) is 41.1 Å². The highest BCUT2D eigenvalue weighted by Gasteiger charge is 2.24. The van der Waals surface area contributed by atoms with Crippen LogP contribution in [-0.4, -0.2) is 16.0 Å². The Morgan fingerprint density at radius 3 is 2.52 bits per heavy atom. The lowest BCUT2D eigenvalue weighted by atomic mass is 9.95. The van der Waals surface area contributed by atoms with Crippen LogP contribution in [0.5, 0.6) is 0 Å². The maximum atomic E-state index is 4.85. The zero-order valence-electron chi connectivity index (χ0n) is 16.0. The molecule has 138 valence electrons. The predicted octanol–water partition coefficient (Wildman–Crippen LogP) is 4.60. The van der Waals surface area contributed by atoms with E-state index in [0.29, 0.717) is 12.0 Å².